The van der Waals surface area contributed by atoms with Crippen molar-refractivity contribution in [3.05, 3.63) is 40.0 Å². The Labute approximate surface area is 144 Å². The Morgan fingerprint density at radius 2 is 2.12 bits per heavy atom. The zero-order valence-electron chi connectivity index (χ0n) is 14.2. The molecule has 4 rings (SSSR count). The summed E-state index contributed by atoms with van der Waals surface area (Å²) in [6, 6.07) is 1.56. The number of aryl methyl sites for hydroxylation is 1. The van der Waals surface area contributed by atoms with Gasteiger partial charge in [0.2, 0.25) is 5.95 Å². The summed E-state index contributed by atoms with van der Waals surface area (Å²) < 4.78 is 5.12. The first-order valence-electron chi connectivity index (χ1n) is 8.67. The Kier molecular flexibility index (Phi) is 4.03. The highest BCUT2D eigenvalue weighted by Crippen LogP contribution is 2.27. The number of hydrogen-bond donors (Lipinski definition) is 1. The molecule has 0 aliphatic carbocycles. The third-order valence-corrected chi connectivity index (χ3v) is 5.00. The highest BCUT2D eigenvalue weighted by molar-refractivity contribution is 5.93. The lowest BCUT2D eigenvalue weighted by Crippen LogP contribution is -2.29. The second-order valence-corrected chi connectivity index (χ2v) is 6.68. The van der Waals surface area contributed by atoms with E-state index >= 15 is 0 Å². The minimum Gasteiger partial charge on any atom is -0.448 e. The van der Waals surface area contributed by atoms with E-state index in [2.05, 4.69) is 19.9 Å². The van der Waals surface area contributed by atoms with Crippen LogP contribution in [0.2, 0.25) is 0 Å². The van der Waals surface area contributed by atoms with Gasteiger partial charge in [0.1, 0.15) is 5.76 Å². The van der Waals surface area contributed by atoms with Crippen molar-refractivity contribution in [2.24, 2.45) is 0 Å². The summed E-state index contributed by atoms with van der Waals surface area (Å²) in [5.41, 5.74) is 0.985. The van der Waals surface area contributed by atoms with Crippen LogP contribution in [0.15, 0.2) is 21.7 Å². The Morgan fingerprint density at radius 3 is 2.84 bits per heavy atom. The van der Waals surface area contributed by atoms with Crippen LogP contribution in [0.5, 0.6) is 0 Å². The van der Waals surface area contributed by atoms with E-state index in [4.69, 9.17) is 4.42 Å². The second kappa shape index (κ2) is 6.34. The molecule has 25 heavy (non-hydrogen) atoms. The number of carbonyl (C=O) groups excluding carboxylic acids is 1. The number of likely N-dealkylation sites (tertiary alicyclic amines) is 1. The second-order valence-electron chi connectivity index (χ2n) is 6.68. The average molecular weight is 343 g/mol. The van der Waals surface area contributed by atoms with Gasteiger partial charge in [0.05, 0.1) is 5.69 Å². The molecule has 4 heterocycles. The lowest BCUT2D eigenvalue weighted by molar-refractivity contribution is 0.0784. The zero-order chi connectivity index (χ0) is 17.4. The molecule has 0 bridgehead atoms. The van der Waals surface area contributed by atoms with E-state index in [-0.39, 0.29) is 17.4 Å². The molecule has 2 aliphatic heterocycles. The topological polar surface area (TPSA) is 95.3 Å². The Bertz CT molecular complexity index is 837. The van der Waals surface area contributed by atoms with Crippen molar-refractivity contribution in [1.29, 1.82) is 0 Å². The van der Waals surface area contributed by atoms with Gasteiger partial charge in [-0.1, -0.05) is 0 Å². The van der Waals surface area contributed by atoms with Gasteiger partial charge in [0.25, 0.3) is 11.5 Å². The van der Waals surface area contributed by atoms with Crippen LogP contribution in [0, 0.1) is 6.92 Å². The van der Waals surface area contributed by atoms with Crippen LogP contribution in [0.4, 0.5) is 5.95 Å². The summed E-state index contributed by atoms with van der Waals surface area (Å²) in [7, 11) is 0. The molecule has 1 unspecified atom stereocenters. The van der Waals surface area contributed by atoms with Crippen molar-refractivity contribution in [2.75, 3.05) is 31.1 Å². The minimum atomic E-state index is -0.135. The number of anilines is 1. The van der Waals surface area contributed by atoms with Gasteiger partial charge in [0.15, 0.2) is 12.1 Å². The van der Waals surface area contributed by atoms with Crippen LogP contribution in [0.3, 0.4) is 0 Å². The number of amides is 1. The predicted molar refractivity (Wildman–Crippen MR) is 90.8 cm³/mol. The van der Waals surface area contributed by atoms with Crippen LogP contribution < -0.4 is 10.5 Å². The Hall–Kier alpha value is -2.64. The molecule has 2 fully saturated rings. The number of oxazole rings is 1. The van der Waals surface area contributed by atoms with Crippen LogP contribution in [0.1, 0.15) is 47.1 Å². The molecule has 2 aliphatic rings. The van der Waals surface area contributed by atoms with E-state index in [9.17, 15) is 9.59 Å². The van der Waals surface area contributed by atoms with Gasteiger partial charge in [-0.25, -0.2) is 9.97 Å². The summed E-state index contributed by atoms with van der Waals surface area (Å²) in [5, 5.41) is 0. The third-order valence-electron chi connectivity index (χ3n) is 5.00. The summed E-state index contributed by atoms with van der Waals surface area (Å²) in [6.45, 7) is 4.75. The van der Waals surface area contributed by atoms with E-state index in [0.29, 0.717) is 30.5 Å². The molecule has 8 heteroatoms. The quantitative estimate of drug-likeness (QED) is 0.902. The van der Waals surface area contributed by atoms with Gasteiger partial charge in [-0.15, -0.1) is 0 Å². The van der Waals surface area contributed by atoms with Crippen molar-refractivity contribution in [2.45, 2.75) is 32.1 Å². The van der Waals surface area contributed by atoms with E-state index < -0.39 is 0 Å². The van der Waals surface area contributed by atoms with Gasteiger partial charge in [0, 0.05) is 38.2 Å². The van der Waals surface area contributed by atoms with E-state index in [1.54, 1.807) is 17.9 Å². The molecule has 8 nitrogen and oxygen atoms in total. The smallest absolute Gasteiger partial charge is 0.276 e. The van der Waals surface area contributed by atoms with Crippen molar-refractivity contribution in [3.63, 3.8) is 0 Å². The molecule has 0 radical (unpaired) electrons. The van der Waals surface area contributed by atoms with E-state index in [0.717, 1.165) is 38.0 Å². The summed E-state index contributed by atoms with van der Waals surface area (Å²) >= 11 is 0. The van der Waals surface area contributed by atoms with Crippen LogP contribution in [0.25, 0.3) is 0 Å². The number of rotatable bonds is 3. The SMILES string of the molecule is Cc1ocnc1C(=O)N1CCC(c2cc(=O)[nH]c(N3CCCC3)n2)C1. The number of nitrogens with zero attached hydrogens (tertiary/aromatic N) is 4. The highest BCUT2D eigenvalue weighted by atomic mass is 16.3. The molecule has 1 atom stereocenters. The zero-order valence-corrected chi connectivity index (χ0v) is 14.2. The summed E-state index contributed by atoms with van der Waals surface area (Å²) in [4.78, 5) is 40.0. The van der Waals surface area contributed by atoms with Crippen molar-refractivity contribution < 1.29 is 9.21 Å². The molecular weight excluding hydrogens is 322 g/mol. The molecule has 1 N–H and O–H groups in total. The number of aromatic amines is 1. The molecule has 0 saturated carbocycles. The van der Waals surface area contributed by atoms with Crippen LogP contribution in [-0.4, -0.2) is 51.9 Å². The minimum absolute atomic E-state index is 0.0693. The number of carbonyl (C=O) groups is 1. The fourth-order valence-corrected chi connectivity index (χ4v) is 3.60. The number of H-pyrrole nitrogens is 1. The fourth-order valence-electron chi connectivity index (χ4n) is 3.60. The monoisotopic (exact) mass is 343 g/mol. The van der Waals surface area contributed by atoms with Crippen LogP contribution in [-0.2, 0) is 0 Å². The molecule has 1 amide bonds. The van der Waals surface area contributed by atoms with E-state index in [1.807, 2.05) is 0 Å². The summed E-state index contributed by atoms with van der Waals surface area (Å²) in [5.74, 6) is 1.12. The van der Waals surface area contributed by atoms with Gasteiger partial charge in [-0.2, -0.15) is 0 Å². The summed E-state index contributed by atoms with van der Waals surface area (Å²) in [6.07, 6.45) is 4.32. The van der Waals surface area contributed by atoms with Crippen LogP contribution >= 0.6 is 0 Å². The van der Waals surface area contributed by atoms with E-state index in [1.165, 1.54) is 6.39 Å². The number of aromatic nitrogens is 3. The van der Waals surface area contributed by atoms with Crippen molar-refractivity contribution in [1.82, 2.24) is 19.9 Å². The lowest BCUT2D eigenvalue weighted by Gasteiger charge is -2.18. The first kappa shape index (κ1) is 15.9. The maximum atomic E-state index is 12.6. The first-order chi connectivity index (χ1) is 12.1. The molecule has 2 aromatic heterocycles. The largest absolute Gasteiger partial charge is 0.448 e. The molecule has 2 saturated heterocycles. The molecule has 2 aromatic rings. The Balaban J connectivity index is 1.52. The van der Waals surface area contributed by atoms with Gasteiger partial charge < -0.3 is 14.2 Å². The average Bonchev–Trinajstić information content (AvgIpc) is 3.35. The van der Waals surface area contributed by atoms with Crippen molar-refractivity contribution in [3.8, 4) is 0 Å². The first-order valence-corrected chi connectivity index (χ1v) is 8.67. The number of hydrogen-bond acceptors (Lipinski definition) is 6. The third kappa shape index (κ3) is 3.04. The maximum absolute atomic E-state index is 12.6. The fraction of sp³-hybridized carbons (Fsp3) is 0.529. The predicted octanol–water partition coefficient (Wildman–Crippen LogP) is 1.30. The Morgan fingerprint density at radius 1 is 1.32 bits per heavy atom. The molecular formula is C17H21N5O3. The highest BCUT2D eigenvalue weighted by Gasteiger charge is 2.31. The maximum Gasteiger partial charge on any atom is 0.276 e. The van der Waals surface area contributed by atoms with Gasteiger partial charge >= 0.3 is 0 Å². The number of nitrogens with one attached hydrogen (secondary N) is 1. The molecule has 0 aromatic carbocycles. The van der Waals surface area contributed by atoms with Gasteiger partial charge in [-0.05, 0) is 26.2 Å². The standard InChI is InChI=1S/C17H21N5O3/c1-11-15(18-10-25-11)16(24)22-7-4-12(9-22)13-8-14(23)20-17(19-13)21-5-2-3-6-21/h8,10,12H,2-7,9H2,1H3,(H,19,20,23). The molecule has 132 valence electrons. The molecule has 0 spiro atoms. The van der Waals surface area contributed by atoms with Gasteiger partial charge in [-0.3, -0.25) is 14.6 Å². The lowest BCUT2D eigenvalue weighted by atomic mass is 10.1. The normalized spacial score (nSPS) is 20.4. The van der Waals surface area contributed by atoms with Crippen molar-refractivity contribution >= 4 is 11.9 Å².